The molecule has 4 aromatic rings. The molecule has 0 fully saturated rings. The van der Waals surface area contributed by atoms with Gasteiger partial charge in [-0.25, -0.2) is 4.09 Å². The Kier molecular flexibility index (Phi) is 4.61. The largest absolute Gasteiger partial charge is 0.384 e. The fourth-order valence-corrected chi connectivity index (χ4v) is 3.26. The fourth-order valence-electron chi connectivity index (χ4n) is 3.00. The summed E-state index contributed by atoms with van der Waals surface area (Å²) in [6.45, 7) is 0. The van der Waals surface area contributed by atoms with Gasteiger partial charge in [0.15, 0.2) is 0 Å². The minimum Gasteiger partial charge on any atom is -0.384 e. The van der Waals surface area contributed by atoms with Crippen LogP contribution in [0.25, 0.3) is 23.1 Å². The van der Waals surface area contributed by atoms with Crippen LogP contribution >= 0.6 is 12.8 Å². The van der Waals surface area contributed by atoms with Crippen molar-refractivity contribution < 1.29 is 5.11 Å². The molecule has 1 aromatic heterocycles. The molecule has 0 amide bonds. The Morgan fingerprint density at radius 3 is 2.27 bits per heavy atom. The molecule has 1 unspecified atom stereocenters. The standard InChI is InChI=1S/C22H18N2OS/c25-22(17-9-5-2-6-10-17)18-12-13-19-20(23-24(26)21(19)15-18)14-11-16-7-3-1-4-8-16/h1-15,22,25-26H. The van der Waals surface area contributed by atoms with Crippen LogP contribution < -0.4 is 0 Å². The molecular formula is C22H18N2OS. The number of thiol groups is 1. The summed E-state index contributed by atoms with van der Waals surface area (Å²) in [6, 6.07) is 25.6. The number of aliphatic hydroxyl groups is 1. The minimum atomic E-state index is -0.674. The van der Waals surface area contributed by atoms with Gasteiger partial charge in [0.2, 0.25) is 0 Å². The molecule has 0 aliphatic carbocycles. The third kappa shape index (κ3) is 3.29. The van der Waals surface area contributed by atoms with E-state index in [1.165, 1.54) is 0 Å². The average Bonchev–Trinajstić information content (AvgIpc) is 3.02. The van der Waals surface area contributed by atoms with Crippen molar-refractivity contribution in [1.82, 2.24) is 9.19 Å². The lowest BCUT2D eigenvalue weighted by molar-refractivity contribution is 0.220. The highest BCUT2D eigenvalue weighted by atomic mass is 32.1. The van der Waals surface area contributed by atoms with Crippen LogP contribution in [-0.4, -0.2) is 14.3 Å². The van der Waals surface area contributed by atoms with Gasteiger partial charge in [0.05, 0.1) is 11.2 Å². The summed E-state index contributed by atoms with van der Waals surface area (Å²) < 4.78 is 1.56. The lowest BCUT2D eigenvalue weighted by Crippen LogP contribution is -1.99. The molecule has 4 heteroatoms. The summed E-state index contributed by atoms with van der Waals surface area (Å²) >= 11 is 4.44. The monoisotopic (exact) mass is 358 g/mol. The number of rotatable bonds is 4. The summed E-state index contributed by atoms with van der Waals surface area (Å²) in [5.41, 5.74) is 4.51. The summed E-state index contributed by atoms with van der Waals surface area (Å²) in [5, 5.41) is 16.1. The van der Waals surface area contributed by atoms with E-state index in [0.29, 0.717) is 0 Å². The van der Waals surface area contributed by atoms with Crippen molar-refractivity contribution in [2.24, 2.45) is 0 Å². The third-order valence-electron chi connectivity index (χ3n) is 4.38. The number of aromatic nitrogens is 2. The number of hydrogen-bond donors (Lipinski definition) is 2. The highest BCUT2D eigenvalue weighted by Gasteiger charge is 2.13. The van der Waals surface area contributed by atoms with E-state index >= 15 is 0 Å². The van der Waals surface area contributed by atoms with E-state index in [9.17, 15) is 5.11 Å². The first-order chi connectivity index (χ1) is 12.7. The Bertz CT molecular complexity index is 1060. The number of aliphatic hydroxyl groups excluding tert-OH is 1. The molecular weight excluding hydrogens is 340 g/mol. The summed E-state index contributed by atoms with van der Waals surface area (Å²) in [4.78, 5) is 0. The van der Waals surface area contributed by atoms with Crippen LogP contribution in [0.5, 0.6) is 0 Å². The normalized spacial score (nSPS) is 12.7. The van der Waals surface area contributed by atoms with Crippen LogP contribution in [0.2, 0.25) is 0 Å². The lowest BCUT2D eigenvalue weighted by Gasteiger charge is -2.11. The van der Waals surface area contributed by atoms with Crippen molar-refractivity contribution in [2.45, 2.75) is 6.10 Å². The molecule has 0 spiro atoms. The van der Waals surface area contributed by atoms with Gasteiger partial charge >= 0.3 is 0 Å². The van der Waals surface area contributed by atoms with E-state index in [2.05, 4.69) is 17.9 Å². The molecule has 26 heavy (non-hydrogen) atoms. The van der Waals surface area contributed by atoms with Gasteiger partial charge in [-0.3, -0.25) is 0 Å². The molecule has 4 rings (SSSR count). The van der Waals surface area contributed by atoms with E-state index in [4.69, 9.17) is 0 Å². The van der Waals surface area contributed by atoms with Gasteiger partial charge in [0.25, 0.3) is 0 Å². The smallest absolute Gasteiger partial charge is 0.104 e. The van der Waals surface area contributed by atoms with Gasteiger partial charge in [0.1, 0.15) is 6.10 Å². The second-order valence-electron chi connectivity index (χ2n) is 6.11. The van der Waals surface area contributed by atoms with Gasteiger partial charge in [-0.05, 0) is 41.6 Å². The number of benzene rings is 3. The van der Waals surface area contributed by atoms with E-state index in [0.717, 1.165) is 33.3 Å². The average molecular weight is 358 g/mol. The van der Waals surface area contributed by atoms with Crippen LogP contribution in [0.15, 0.2) is 78.9 Å². The summed E-state index contributed by atoms with van der Waals surface area (Å²) in [7, 11) is 0. The first-order valence-electron chi connectivity index (χ1n) is 8.40. The number of nitrogens with zero attached hydrogens (tertiary/aromatic N) is 2. The van der Waals surface area contributed by atoms with Crippen LogP contribution in [0.1, 0.15) is 28.5 Å². The van der Waals surface area contributed by atoms with Crippen molar-refractivity contribution in [2.75, 3.05) is 0 Å². The highest BCUT2D eigenvalue weighted by Crippen LogP contribution is 2.28. The van der Waals surface area contributed by atoms with Gasteiger partial charge in [-0.1, -0.05) is 78.9 Å². The van der Waals surface area contributed by atoms with Crippen molar-refractivity contribution >= 4 is 35.9 Å². The van der Waals surface area contributed by atoms with Crippen LogP contribution in [0.4, 0.5) is 0 Å². The predicted molar refractivity (Wildman–Crippen MR) is 110 cm³/mol. The Morgan fingerprint density at radius 1 is 0.846 bits per heavy atom. The molecule has 0 aliphatic rings. The molecule has 128 valence electrons. The minimum absolute atomic E-state index is 0.674. The summed E-state index contributed by atoms with van der Waals surface area (Å²) in [5.74, 6) is 0. The van der Waals surface area contributed by atoms with Crippen molar-refractivity contribution in [1.29, 1.82) is 0 Å². The molecule has 1 atom stereocenters. The molecule has 0 aliphatic heterocycles. The molecule has 3 aromatic carbocycles. The predicted octanol–water partition coefficient (Wildman–Crippen LogP) is 4.98. The Labute approximate surface area is 157 Å². The molecule has 3 nitrogen and oxygen atoms in total. The first kappa shape index (κ1) is 16.6. The van der Waals surface area contributed by atoms with E-state index in [1.54, 1.807) is 4.09 Å². The lowest BCUT2D eigenvalue weighted by atomic mass is 10.00. The Balaban J connectivity index is 1.70. The molecule has 1 N–H and O–H groups in total. The van der Waals surface area contributed by atoms with Crippen molar-refractivity contribution in [3.05, 3.63) is 101 Å². The molecule has 0 saturated heterocycles. The van der Waals surface area contributed by atoms with Crippen molar-refractivity contribution in [3.8, 4) is 0 Å². The molecule has 1 heterocycles. The SMILES string of the molecule is OC(c1ccccc1)c1ccc2c(C=Cc3ccccc3)nn(S)c2c1. The van der Waals surface area contributed by atoms with Gasteiger partial charge < -0.3 is 5.11 Å². The van der Waals surface area contributed by atoms with Crippen molar-refractivity contribution in [3.63, 3.8) is 0 Å². The molecule has 0 saturated carbocycles. The molecule has 0 radical (unpaired) electrons. The maximum atomic E-state index is 10.6. The van der Waals surface area contributed by atoms with E-state index < -0.39 is 6.10 Å². The van der Waals surface area contributed by atoms with Gasteiger partial charge in [0, 0.05) is 5.39 Å². The maximum Gasteiger partial charge on any atom is 0.104 e. The molecule has 0 bridgehead atoms. The fraction of sp³-hybridized carbons (Fsp3) is 0.0455. The topological polar surface area (TPSA) is 38.1 Å². The zero-order valence-corrected chi connectivity index (χ0v) is 14.9. The van der Waals surface area contributed by atoms with Gasteiger partial charge in [-0.15, -0.1) is 0 Å². The first-order valence-corrected chi connectivity index (χ1v) is 8.80. The van der Waals surface area contributed by atoms with Gasteiger partial charge in [-0.2, -0.15) is 5.10 Å². The number of hydrogen-bond acceptors (Lipinski definition) is 3. The van der Waals surface area contributed by atoms with Crippen LogP contribution in [0.3, 0.4) is 0 Å². The second-order valence-corrected chi connectivity index (χ2v) is 6.49. The Hall–Kier alpha value is -2.82. The Morgan fingerprint density at radius 2 is 1.54 bits per heavy atom. The highest BCUT2D eigenvalue weighted by molar-refractivity contribution is 7.78. The quantitative estimate of drug-likeness (QED) is 0.505. The van der Waals surface area contributed by atoms with Crippen LogP contribution in [0, 0.1) is 0 Å². The van der Waals surface area contributed by atoms with Crippen LogP contribution in [-0.2, 0) is 0 Å². The maximum absolute atomic E-state index is 10.6. The zero-order chi connectivity index (χ0) is 17.9. The third-order valence-corrected chi connectivity index (χ3v) is 4.68. The second kappa shape index (κ2) is 7.20. The summed E-state index contributed by atoms with van der Waals surface area (Å²) in [6.07, 6.45) is 3.34. The van der Waals surface area contributed by atoms with E-state index in [-0.39, 0.29) is 0 Å². The zero-order valence-electron chi connectivity index (χ0n) is 14.0. The number of fused-ring (bicyclic) bond motifs is 1. The van der Waals surface area contributed by atoms with E-state index in [1.807, 2.05) is 91.0 Å².